The Morgan fingerprint density at radius 3 is 2.67 bits per heavy atom. The molecule has 1 heterocycles. The van der Waals surface area contributed by atoms with Crippen LogP contribution >= 0.6 is 0 Å². The Morgan fingerprint density at radius 2 is 2.22 bits per heavy atom. The van der Waals surface area contributed by atoms with Gasteiger partial charge in [0.1, 0.15) is 0 Å². The predicted molar refractivity (Wildman–Crippen MR) is 70.6 cm³/mol. The second-order valence-corrected chi connectivity index (χ2v) is 5.43. The topological polar surface area (TPSA) is 65.1 Å². The first-order valence-electron chi connectivity index (χ1n) is 6.62. The quantitative estimate of drug-likeness (QED) is 0.630. The lowest BCUT2D eigenvalue weighted by Gasteiger charge is -2.43. The molecule has 0 saturated heterocycles. The zero-order valence-electron chi connectivity index (χ0n) is 11.5. The van der Waals surface area contributed by atoms with E-state index < -0.39 is 0 Å². The van der Waals surface area contributed by atoms with Crippen molar-refractivity contribution < 1.29 is 4.74 Å². The molecule has 102 valence electrons. The normalized spacial score (nSPS) is 30.3. The summed E-state index contributed by atoms with van der Waals surface area (Å²) in [6.07, 6.45) is 6.23. The molecule has 1 aliphatic carbocycles. The Balaban J connectivity index is 2.27. The summed E-state index contributed by atoms with van der Waals surface area (Å²) < 4.78 is 7.74. The Hall–Kier alpha value is -0.910. The minimum absolute atomic E-state index is 0.0116. The minimum atomic E-state index is -0.213. The number of ether oxygens (including phenoxy) is 1. The van der Waals surface area contributed by atoms with Gasteiger partial charge in [0.2, 0.25) is 0 Å². The highest BCUT2D eigenvalue weighted by Gasteiger charge is 2.43. The summed E-state index contributed by atoms with van der Waals surface area (Å²) in [6, 6.07) is 1.99. The lowest BCUT2D eigenvalue weighted by Crippen LogP contribution is -2.50. The lowest BCUT2D eigenvalue weighted by molar-refractivity contribution is -0.0778. The van der Waals surface area contributed by atoms with Crippen LogP contribution in [0.3, 0.4) is 0 Å². The molecule has 1 aromatic heterocycles. The molecule has 1 fully saturated rings. The molecule has 1 aromatic rings. The molecule has 0 radical (unpaired) electrons. The van der Waals surface area contributed by atoms with Gasteiger partial charge >= 0.3 is 0 Å². The number of aromatic nitrogens is 2. The van der Waals surface area contributed by atoms with Crippen molar-refractivity contribution in [2.24, 2.45) is 18.8 Å². The van der Waals surface area contributed by atoms with E-state index in [-0.39, 0.29) is 11.6 Å². The molecule has 0 aliphatic heterocycles. The third-order valence-corrected chi connectivity index (χ3v) is 4.37. The average Bonchev–Trinajstić information content (AvgIpc) is 2.79. The van der Waals surface area contributed by atoms with E-state index in [0.29, 0.717) is 0 Å². The maximum atomic E-state index is 5.88. The number of hydrazine groups is 1. The Kier molecular flexibility index (Phi) is 4.04. The SMILES string of the molecule is COC1(C(NN)c2ccnn2C)CCC(C)CC1. The minimum Gasteiger partial charge on any atom is -0.376 e. The molecule has 5 nitrogen and oxygen atoms in total. The number of hydrogen-bond acceptors (Lipinski definition) is 4. The molecule has 5 heteroatoms. The second kappa shape index (κ2) is 5.38. The van der Waals surface area contributed by atoms with E-state index in [2.05, 4.69) is 17.4 Å². The highest BCUT2D eigenvalue weighted by molar-refractivity contribution is 5.13. The third-order valence-electron chi connectivity index (χ3n) is 4.37. The molecule has 0 spiro atoms. The number of rotatable bonds is 4. The van der Waals surface area contributed by atoms with Crippen molar-refractivity contribution in [3.63, 3.8) is 0 Å². The van der Waals surface area contributed by atoms with Gasteiger partial charge in [-0.3, -0.25) is 10.5 Å². The van der Waals surface area contributed by atoms with Crippen molar-refractivity contribution in [1.82, 2.24) is 15.2 Å². The Morgan fingerprint density at radius 1 is 1.56 bits per heavy atom. The summed E-state index contributed by atoms with van der Waals surface area (Å²) >= 11 is 0. The Bertz CT molecular complexity index is 382. The second-order valence-electron chi connectivity index (χ2n) is 5.43. The number of hydrogen-bond donors (Lipinski definition) is 2. The van der Waals surface area contributed by atoms with Gasteiger partial charge in [-0.15, -0.1) is 0 Å². The molecule has 3 N–H and O–H groups in total. The fourth-order valence-corrected chi connectivity index (χ4v) is 3.04. The number of nitrogens with zero attached hydrogens (tertiary/aromatic N) is 2. The standard InChI is InChI=1S/C13H24N4O/c1-10-4-7-13(18-3,8-5-10)12(16-14)11-6-9-15-17(11)2/h6,9-10,12,16H,4-5,7-8,14H2,1-3H3. The highest BCUT2D eigenvalue weighted by Crippen LogP contribution is 2.42. The molecule has 18 heavy (non-hydrogen) atoms. The molecule has 1 atom stereocenters. The van der Waals surface area contributed by atoms with E-state index >= 15 is 0 Å². The van der Waals surface area contributed by atoms with Gasteiger partial charge in [-0.25, -0.2) is 5.43 Å². The van der Waals surface area contributed by atoms with Crippen LogP contribution in [0, 0.1) is 5.92 Å². The van der Waals surface area contributed by atoms with E-state index in [9.17, 15) is 0 Å². The number of nitrogens with two attached hydrogens (primary N) is 1. The summed E-state index contributed by atoms with van der Waals surface area (Å²) in [5.74, 6) is 6.56. The first-order chi connectivity index (χ1) is 8.63. The van der Waals surface area contributed by atoms with Crippen molar-refractivity contribution in [3.05, 3.63) is 18.0 Å². The van der Waals surface area contributed by atoms with Gasteiger partial charge in [-0.2, -0.15) is 5.10 Å². The molecule has 2 rings (SSSR count). The van der Waals surface area contributed by atoms with Crippen LogP contribution in [0.2, 0.25) is 0 Å². The van der Waals surface area contributed by atoms with E-state index in [0.717, 1.165) is 24.5 Å². The molecule has 1 aliphatic rings. The predicted octanol–water partition coefficient (Wildman–Crippen LogP) is 1.52. The van der Waals surface area contributed by atoms with Crippen molar-refractivity contribution >= 4 is 0 Å². The zero-order valence-corrected chi connectivity index (χ0v) is 11.5. The molecule has 1 unspecified atom stereocenters. The summed E-state index contributed by atoms with van der Waals surface area (Å²) in [4.78, 5) is 0. The van der Waals surface area contributed by atoms with Gasteiger partial charge in [-0.05, 0) is 37.7 Å². The van der Waals surface area contributed by atoms with Gasteiger partial charge in [0.15, 0.2) is 0 Å². The van der Waals surface area contributed by atoms with Crippen LogP contribution in [0.1, 0.15) is 44.3 Å². The van der Waals surface area contributed by atoms with Crippen molar-refractivity contribution in [2.75, 3.05) is 7.11 Å². The van der Waals surface area contributed by atoms with Crippen LogP contribution in [0.25, 0.3) is 0 Å². The maximum Gasteiger partial charge on any atom is 0.0918 e. The fourth-order valence-electron chi connectivity index (χ4n) is 3.04. The van der Waals surface area contributed by atoms with Crippen molar-refractivity contribution in [1.29, 1.82) is 0 Å². The van der Waals surface area contributed by atoms with Crippen LogP contribution in [0.15, 0.2) is 12.3 Å². The summed E-state index contributed by atoms with van der Waals surface area (Å²) in [5, 5.41) is 4.23. The maximum absolute atomic E-state index is 5.88. The monoisotopic (exact) mass is 252 g/mol. The smallest absolute Gasteiger partial charge is 0.0918 e. The van der Waals surface area contributed by atoms with Crippen LogP contribution in [-0.4, -0.2) is 22.5 Å². The van der Waals surface area contributed by atoms with Gasteiger partial charge in [0.25, 0.3) is 0 Å². The highest BCUT2D eigenvalue weighted by atomic mass is 16.5. The number of aryl methyl sites for hydroxylation is 1. The molecule has 0 aromatic carbocycles. The Labute approximate surface area is 109 Å². The molecule has 0 bridgehead atoms. The summed E-state index contributed by atoms with van der Waals surface area (Å²) in [5.41, 5.74) is 3.80. The summed E-state index contributed by atoms with van der Waals surface area (Å²) in [6.45, 7) is 2.30. The van der Waals surface area contributed by atoms with Crippen molar-refractivity contribution in [3.8, 4) is 0 Å². The van der Waals surface area contributed by atoms with Gasteiger partial charge in [0.05, 0.1) is 17.3 Å². The van der Waals surface area contributed by atoms with Gasteiger partial charge < -0.3 is 4.74 Å². The first kappa shape index (κ1) is 13.5. The molecule has 1 saturated carbocycles. The molecular weight excluding hydrogens is 228 g/mol. The fraction of sp³-hybridized carbons (Fsp3) is 0.769. The van der Waals surface area contributed by atoms with E-state index in [4.69, 9.17) is 10.6 Å². The largest absolute Gasteiger partial charge is 0.376 e. The number of nitrogens with one attached hydrogen (secondary N) is 1. The summed E-state index contributed by atoms with van der Waals surface area (Å²) in [7, 11) is 3.73. The molecular formula is C13H24N4O. The van der Waals surface area contributed by atoms with Crippen LogP contribution in [0.4, 0.5) is 0 Å². The van der Waals surface area contributed by atoms with E-state index in [1.54, 1.807) is 13.3 Å². The average molecular weight is 252 g/mol. The van der Waals surface area contributed by atoms with Crippen molar-refractivity contribution in [2.45, 2.75) is 44.2 Å². The van der Waals surface area contributed by atoms with Crippen LogP contribution in [0.5, 0.6) is 0 Å². The van der Waals surface area contributed by atoms with Gasteiger partial charge in [-0.1, -0.05) is 6.92 Å². The molecule has 0 amide bonds. The number of methoxy groups -OCH3 is 1. The zero-order chi connectivity index (χ0) is 13.2. The third kappa shape index (κ3) is 2.30. The van der Waals surface area contributed by atoms with Crippen LogP contribution < -0.4 is 11.3 Å². The van der Waals surface area contributed by atoms with Gasteiger partial charge in [0, 0.05) is 20.4 Å². The van der Waals surface area contributed by atoms with Crippen LogP contribution in [-0.2, 0) is 11.8 Å². The lowest BCUT2D eigenvalue weighted by atomic mass is 9.74. The van der Waals surface area contributed by atoms with E-state index in [1.807, 2.05) is 17.8 Å². The van der Waals surface area contributed by atoms with E-state index in [1.165, 1.54) is 12.8 Å². The first-order valence-corrected chi connectivity index (χ1v) is 6.62.